The Labute approximate surface area is 204 Å². The molecule has 0 bridgehead atoms. The molecule has 0 fully saturated rings. The molecular weight excluding hydrogens is 471 g/mol. The number of amides is 1. The number of nitrogens with zero attached hydrogens (tertiary/aromatic N) is 2. The molecule has 0 radical (unpaired) electrons. The average molecular weight is 496 g/mol. The number of aromatic nitrogens is 3. The molecule has 0 aliphatic rings. The summed E-state index contributed by atoms with van der Waals surface area (Å²) in [5, 5.41) is 6.13. The minimum Gasteiger partial charge on any atom is -0.363 e. The summed E-state index contributed by atoms with van der Waals surface area (Å²) < 4.78 is 41.0. The summed E-state index contributed by atoms with van der Waals surface area (Å²) in [6.45, 7) is 5.00. The van der Waals surface area contributed by atoms with E-state index >= 15 is 0 Å². The molecule has 36 heavy (non-hydrogen) atoms. The van der Waals surface area contributed by atoms with Crippen molar-refractivity contribution in [3.8, 4) is 0 Å². The second-order valence-electron chi connectivity index (χ2n) is 8.42. The van der Waals surface area contributed by atoms with Crippen LogP contribution in [0, 0.1) is 12.7 Å². The first-order valence-corrected chi connectivity index (χ1v) is 11.3. The fourth-order valence-electron chi connectivity index (χ4n) is 3.93. The highest BCUT2D eigenvalue weighted by atomic mass is 19.3. The first-order chi connectivity index (χ1) is 17.2. The Kier molecular flexibility index (Phi) is 7.05. The Bertz CT molecular complexity index is 1470. The van der Waals surface area contributed by atoms with E-state index in [-0.39, 0.29) is 28.6 Å². The lowest BCUT2D eigenvalue weighted by Gasteiger charge is -2.19. The molecule has 2 aromatic carbocycles. The fraction of sp³-hybridized carbons (Fsp3) is 0.231. The predicted octanol–water partition coefficient (Wildman–Crippen LogP) is 5.37. The molecule has 4 aromatic rings. The highest BCUT2D eigenvalue weighted by Gasteiger charge is 2.22. The van der Waals surface area contributed by atoms with Crippen molar-refractivity contribution in [2.24, 2.45) is 0 Å². The smallest absolute Gasteiger partial charge is 0.266 e. The van der Waals surface area contributed by atoms with Crippen molar-refractivity contribution in [2.45, 2.75) is 39.3 Å². The standard InChI is InChI=1S/C26H24F3N5O2/c1-13(16-8-5-4-6-9-16)31-25(35)20-12-19-23(32-15(3)33-24(19)34-26(20)36)30-14(2)17-10-7-11-18(21(17)27)22(28)29/h4-14,22H,1-3H3,(H,31,35)(H2,30,32,33,34,36)/t13?,14-/m1/s1. The number of carbonyl (C=O) groups is 1. The molecule has 2 heterocycles. The van der Waals surface area contributed by atoms with Gasteiger partial charge >= 0.3 is 0 Å². The summed E-state index contributed by atoms with van der Waals surface area (Å²) in [5.74, 6) is -1.08. The molecule has 2 atom stereocenters. The number of hydrogen-bond donors (Lipinski definition) is 3. The van der Waals surface area contributed by atoms with E-state index in [1.54, 1.807) is 20.8 Å². The number of benzene rings is 2. The zero-order valence-corrected chi connectivity index (χ0v) is 19.8. The molecule has 4 rings (SSSR count). The maximum absolute atomic E-state index is 14.7. The zero-order chi connectivity index (χ0) is 26.0. The van der Waals surface area contributed by atoms with Gasteiger partial charge in [-0.25, -0.2) is 23.1 Å². The predicted molar refractivity (Wildman–Crippen MR) is 131 cm³/mol. The molecule has 2 aromatic heterocycles. The number of aryl methyl sites for hydroxylation is 1. The number of halogens is 3. The number of alkyl halides is 2. The number of rotatable bonds is 7. The molecule has 0 saturated carbocycles. The molecule has 3 N–H and O–H groups in total. The van der Waals surface area contributed by atoms with Gasteiger partial charge in [0.05, 0.1) is 23.0 Å². The Hall–Kier alpha value is -4.21. The molecule has 10 heteroatoms. The van der Waals surface area contributed by atoms with Crippen molar-refractivity contribution in [2.75, 3.05) is 5.32 Å². The third kappa shape index (κ3) is 5.07. The molecule has 0 spiro atoms. The minimum atomic E-state index is -2.95. The number of fused-ring (bicyclic) bond motifs is 1. The van der Waals surface area contributed by atoms with Crippen LogP contribution in [0.4, 0.5) is 19.0 Å². The summed E-state index contributed by atoms with van der Waals surface area (Å²) in [4.78, 5) is 36.8. The molecule has 1 unspecified atom stereocenters. The van der Waals surface area contributed by atoms with Crippen LogP contribution in [0.5, 0.6) is 0 Å². The maximum Gasteiger partial charge on any atom is 0.266 e. The molecular formula is C26H24F3N5O2. The van der Waals surface area contributed by atoms with Gasteiger partial charge in [0, 0.05) is 5.56 Å². The molecule has 0 aliphatic carbocycles. The number of hydrogen-bond acceptors (Lipinski definition) is 5. The van der Waals surface area contributed by atoms with Gasteiger partial charge in [-0.15, -0.1) is 0 Å². The number of nitrogens with one attached hydrogen (secondary N) is 3. The highest BCUT2D eigenvalue weighted by molar-refractivity contribution is 5.99. The fourth-order valence-corrected chi connectivity index (χ4v) is 3.93. The second-order valence-corrected chi connectivity index (χ2v) is 8.42. The van der Waals surface area contributed by atoms with Crippen molar-refractivity contribution in [3.63, 3.8) is 0 Å². The summed E-state index contributed by atoms with van der Waals surface area (Å²) in [6, 6.07) is 13.3. The van der Waals surface area contributed by atoms with Crippen LogP contribution in [0.25, 0.3) is 11.0 Å². The van der Waals surface area contributed by atoms with Gasteiger partial charge in [-0.05, 0) is 32.4 Å². The summed E-state index contributed by atoms with van der Waals surface area (Å²) in [6.07, 6.45) is -2.95. The maximum atomic E-state index is 14.7. The number of pyridine rings is 1. The van der Waals surface area contributed by atoms with Crippen LogP contribution in [0.15, 0.2) is 59.4 Å². The van der Waals surface area contributed by atoms with Crippen LogP contribution in [-0.2, 0) is 0 Å². The van der Waals surface area contributed by atoms with Gasteiger partial charge in [0.25, 0.3) is 17.9 Å². The monoisotopic (exact) mass is 495 g/mol. The first-order valence-electron chi connectivity index (χ1n) is 11.3. The van der Waals surface area contributed by atoms with E-state index in [4.69, 9.17) is 0 Å². The van der Waals surface area contributed by atoms with Crippen molar-refractivity contribution in [1.29, 1.82) is 0 Å². The van der Waals surface area contributed by atoms with Gasteiger partial charge in [-0.2, -0.15) is 0 Å². The van der Waals surface area contributed by atoms with E-state index in [0.717, 1.165) is 11.6 Å². The lowest BCUT2D eigenvalue weighted by molar-refractivity contribution is 0.0938. The summed E-state index contributed by atoms with van der Waals surface area (Å²) in [5.41, 5.74) is -0.410. The topological polar surface area (TPSA) is 99.8 Å². The van der Waals surface area contributed by atoms with E-state index in [2.05, 4.69) is 25.6 Å². The Morgan fingerprint density at radius 3 is 2.36 bits per heavy atom. The quantitative estimate of drug-likeness (QED) is 0.320. The molecule has 186 valence electrons. The van der Waals surface area contributed by atoms with Gasteiger partial charge < -0.3 is 15.6 Å². The average Bonchev–Trinajstić information content (AvgIpc) is 2.83. The third-order valence-corrected chi connectivity index (χ3v) is 5.83. The van der Waals surface area contributed by atoms with E-state index in [1.807, 2.05) is 30.3 Å². The van der Waals surface area contributed by atoms with Crippen LogP contribution in [0.3, 0.4) is 0 Å². The van der Waals surface area contributed by atoms with Crippen LogP contribution >= 0.6 is 0 Å². The molecule has 1 amide bonds. The first kappa shape index (κ1) is 24.9. The Morgan fingerprint density at radius 1 is 0.972 bits per heavy atom. The molecule has 7 nitrogen and oxygen atoms in total. The minimum absolute atomic E-state index is 0.0243. The number of H-pyrrole nitrogens is 1. The van der Waals surface area contributed by atoms with Crippen molar-refractivity contribution < 1.29 is 18.0 Å². The summed E-state index contributed by atoms with van der Waals surface area (Å²) in [7, 11) is 0. The Morgan fingerprint density at radius 2 is 1.67 bits per heavy atom. The zero-order valence-electron chi connectivity index (χ0n) is 19.8. The largest absolute Gasteiger partial charge is 0.363 e. The summed E-state index contributed by atoms with van der Waals surface area (Å²) >= 11 is 0. The van der Waals surface area contributed by atoms with E-state index < -0.39 is 35.3 Å². The Balaban J connectivity index is 1.69. The van der Waals surface area contributed by atoms with Gasteiger partial charge in [0.2, 0.25) is 0 Å². The van der Waals surface area contributed by atoms with Crippen LogP contribution < -0.4 is 16.2 Å². The molecule has 0 saturated heterocycles. The van der Waals surface area contributed by atoms with E-state index in [0.29, 0.717) is 11.2 Å². The van der Waals surface area contributed by atoms with Crippen molar-refractivity contribution in [1.82, 2.24) is 20.3 Å². The highest BCUT2D eigenvalue weighted by Crippen LogP contribution is 2.30. The third-order valence-electron chi connectivity index (χ3n) is 5.83. The SMILES string of the molecule is Cc1nc(N[C@H](C)c2cccc(C(F)F)c2F)c2cc(C(=O)NC(C)c3ccccc3)c(=O)[nH]c2n1. The van der Waals surface area contributed by atoms with Crippen LogP contribution in [0.1, 0.15) is 65.2 Å². The lowest BCUT2D eigenvalue weighted by Crippen LogP contribution is -2.31. The van der Waals surface area contributed by atoms with Gasteiger partial charge in [-0.1, -0.05) is 48.5 Å². The normalized spacial score (nSPS) is 13.0. The van der Waals surface area contributed by atoms with Crippen LogP contribution in [0.2, 0.25) is 0 Å². The van der Waals surface area contributed by atoms with E-state index in [1.165, 1.54) is 18.2 Å². The number of aromatic amines is 1. The van der Waals surface area contributed by atoms with Crippen LogP contribution in [-0.4, -0.2) is 20.9 Å². The number of anilines is 1. The van der Waals surface area contributed by atoms with Crippen molar-refractivity contribution >= 4 is 22.8 Å². The van der Waals surface area contributed by atoms with Gasteiger partial charge in [-0.3, -0.25) is 9.59 Å². The molecule has 0 aliphatic heterocycles. The second kappa shape index (κ2) is 10.2. The van der Waals surface area contributed by atoms with Gasteiger partial charge in [0.1, 0.15) is 28.7 Å². The van der Waals surface area contributed by atoms with Crippen molar-refractivity contribution in [3.05, 3.63) is 98.8 Å². The number of carbonyl (C=O) groups excluding carboxylic acids is 1. The lowest BCUT2D eigenvalue weighted by atomic mass is 10.0. The van der Waals surface area contributed by atoms with E-state index in [9.17, 15) is 22.8 Å². The van der Waals surface area contributed by atoms with Gasteiger partial charge in [0.15, 0.2) is 0 Å².